The summed E-state index contributed by atoms with van der Waals surface area (Å²) >= 11 is 0. The zero-order valence-corrected chi connectivity index (χ0v) is 15.1. The van der Waals surface area contributed by atoms with Crippen molar-refractivity contribution in [1.82, 2.24) is 5.32 Å². The lowest BCUT2D eigenvalue weighted by molar-refractivity contribution is -0.124. The molecule has 0 bridgehead atoms. The number of nitrogens with two attached hydrogens (primary N) is 1. The normalized spacial score (nSPS) is 11.2. The Morgan fingerprint density at radius 1 is 1.19 bits per heavy atom. The Hall–Kier alpha value is -3.55. The van der Waals surface area contributed by atoms with E-state index in [-0.39, 0.29) is 11.9 Å². The van der Waals surface area contributed by atoms with Crippen LogP contribution >= 0.6 is 0 Å². The maximum absolute atomic E-state index is 12.0. The van der Waals surface area contributed by atoms with Crippen LogP contribution in [-0.2, 0) is 9.53 Å². The fourth-order valence-electron chi connectivity index (χ4n) is 2.30. The van der Waals surface area contributed by atoms with E-state index in [0.717, 1.165) is 5.56 Å². The fraction of sp³-hybridized carbons (Fsp3) is 0.211. The second kappa shape index (κ2) is 9.23. The topological polar surface area (TPSA) is 127 Å². The molecular formula is C19H22N4O4. The van der Waals surface area contributed by atoms with E-state index in [2.05, 4.69) is 10.6 Å². The number of nitrogen functional groups attached to an aromatic ring is 1. The van der Waals surface area contributed by atoms with E-state index in [1.54, 1.807) is 31.4 Å². The summed E-state index contributed by atoms with van der Waals surface area (Å²) in [5.41, 5.74) is 7.25. The Kier molecular flexibility index (Phi) is 6.76. The quantitative estimate of drug-likeness (QED) is 0.440. The molecule has 142 valence electrons. The summed E-state index contributed by atoms with van der Waals surface area (Å²) in [7, 11) is 1.57. The van der Waals surface area contributed by atoms with Gasteiger partial charge in [-0.25, -0.2) is 4.79 Å². The first-order valence-electron chi connectivity index (χ1n) is 8.20. The molecule has 2 amide bonds. The van der Waals surface area contributed by atoms with Crippen LogP contribution in [0, 0.1) is 5.41 Å². The molecule has 0 aromatic heterocycles. The highest BCUT2D eigenvalue weighted by atomic mass is 16.6. The Morgan fingerprint density at radius 3 is 2.52 bits per heavy atom. The molecule has 0 heterocycles. The van der Waals surface area contributed by atoms with E-state index >= 15 is 0 Å². The molecule has 1 atom stereocenters. The summed E-state index contributed by atoms with van der Waals surface area (Å²) < 4.78 is 10.1. The molecule has 2 aromatic carbocycles. The summed E-state index contributed by atoms with van der Waals surface area (Å²) in [6, 6.07) is 13.4. The maximum atomic E-state index is 12.0. The van der Waals surface area contributed by atoms with Gasteiger partial charge in [0.05, 0.1) is 13.2 Å². The van der Waals surface area contributed by atoms with Gasteiger partial charge in [0.1, 0.15) is 11.6 Å². The van der Waals surface area contributed by atoms with Crippen LogP contribution in [0.1, 0.15) is 24.1 Å². The summed E-state index contributed by atoms with van der Waals surface area (Å²) in [4.78, 5) is 23.8. The number of carbonyl (C=O) groups is 2. The summed E-state index contributed by atoms with van der Waals surface area (Å²) in [6.07, 6.45) is -0.755. The van der Waals surface area contributed by atoms with Gasteiger partial charge in [-0.1, -0.05) is 12.1 Å². The minimum atomic E-state index is -0.755. The highest BCUT2D eigenvalue weighted by molar-refractivity contribution is 5.95. The molecule has 5 N–H and O–H groups in total. The minimum Gasteiger partial charge on any atom is -0.497 e. The van der Waals surface area contributed by atoms with Crippen LogP contribution in [0.3, 0.4) is 0 Å². The molecular weight excluding hydrogens is 348 g/mol. The lowest BCUT2D eigenvalue weighted by atomic mass is 10.1. The number of amides is 2. The van der Waals surface area contributed by atoms with Crippen LogP contribution in [0.5, 0.6) is 5.75 Å². The molecule has 8 nitrogen and oxygen atoms in total. The number of amidine groups is 1. The number of methoxy groups -OCH3 is 1. The number of benzene rings is 2. The third-order valence-electron chi connectivity index (χ3n) is 3.75. The van der Waals surface area contributed by atoms with Gasteiger partial charge in [0.2, 0.25) is 0 Å². The van der Waals surface area contributed by atoms with Gasteiger partial charge < -0.3 is 20.5 Å². The average Bonchev–Trinajstić information content (AvgIpc) is 2.66. The molecule has 0 radical (unpaired) electrons. The van der Waals surface area contributed by atoms with E-state index in [1.165, 1.54) is 0 Å². The van der Waals surface area contributed by atoms with Crippen LogP contribution < -0.4 is 21.1 Å². The third kappa shape index (κ3) is 6.03. The van der Waals surface area contributed by atoms with Gasteiger partial charge in [0.25, 0.3) is 5.91 Å². The number of nitrogens with one attached hydrogen (secondary N) is 3. The number of rotatable bonds is 7. The lowest BCUT2D eigenvalue weighted by Crippen LogP contribution is -2.31. The molecule has 1 unspecified atom stereocenters. The van der Waals surface area contributed by atoms with Gasteiger partial charge in [-0.05, 0) is 48.9 Å². The molecule has 2 aromatic rings. The van der Waals surface area contributed by atoms with Crippen molar-refractivity contribution in [2.45, 2.75) is 13.0 Å². The van der Waals surface area contributed by atoms with Gasteiger partial charge in [-0.2, -0.15) is 0 Å². The highest BCUT2D eigenvalue weighted by Gasteiger charge is 2.12. The third-order valence-corrected chi connectivity index (χ3v) is 3.75. The zero-order chi connectivity index (χ0) is 19.8. The van der Waals surface area contributed by atoms with Crippen LogP contribution in [-0.4, -0.2) is 31.6 Å². The van der Waals surface area contributed by atoms with Crippen molar-refractivity contribution in [1.29, 1.82) is 5.41 Å². The Balaban J connectivity index is 1.80. The zero-order valence-electron chi connectivity index (χ0n) is 15.1. The smallest absolute Gasteiger partial charge is 0.412 e. The van der Waals surface area contributed by atoms with Gasteiger partial charge >= 0.3 is 6.09 Å². The minimum absolute atomic E-state index is 0.0639. The predicted molar refractivity (Wildman–Crippen MR) is 102 cm³/mol. The number of anilines is 1. The summed E-state index contributed by atoms with van der Waals surface area (Å²) in [5.74, 6) is 0.207. The standard InChI is InChI=1S/C19H22N4O4/c1-12(14-4-3-5-16(10-14)26-2)22-17(24)11-27-19(25)23-15-8-6-13(7-9-15)18(20)21/h3-10,12H,11H2,1-2H3,(H3,20,21)(H,22,24)(H,23,25). The molecule has 0 saturated heterocycles. The van der Waals surface area contributed by atoms with Crippen LogP contribution in [0.15, 0.2) is 48.5 Å². The van der Waals surface area contributed by atoms with E-state index in [0.29, 0.717) is 17.0 Å². The molecule has 0 aliphatic carbocycles. The molecule has 2 rings (SSSR count). The Bertz CT molecular complexity index is 821. The largest absolute Gasteiger partial charge is 0.497 e. The van der Waals surface area contributed by atoms with E-state index in [1.807, 2.05) is 31.2 Å². The molecule has 0 aliphatic rings. The van der Waals surface area contributed by atoms with Gasteiger partial charge in [0, 0.05) is 11.3 Å². The monoisotopic (exact) mass is 370 g/mol. The summed E-state index contributed by atoms with van der Waals surface area (Å²) in [5, 5.41) is 12.6. The van der Waals surface area contributed by atoms with Crippen molar-refractivity contribution in [2.24, 2.45) is 5.73 Å². The first-order valence-corrected chi connectivity index (χ1v) is 8.20. The molecule has 0 spiro atoms. The molecule has 27 heavy (non-hydrogen) atoms. The molecule has 0 fully saturated rings. The number of carbonyl (C=O) groups excluding carboxylic acids is 2. The van der Waals surface area contributed by atoms with Gasteiger partial charge in [0.15, 0.2) is 6.61 Å². The van der Waals surface area contributed by atoms with Crippen LogP contribution in [0.4, 0.5) is 10.5 Å². The lowest BCUT2D eigenvalue weighted by Gasteiger charge is -2.15. The van der Waals surface area contributed by atoms with Crippen molar-refractivity contribution >= 4 is 23.5 Å². The van der Waals surface area contributed by atoms with Crippen molar-refractivity contribution in [3.63, 3.8) is 0 Å². The fourth-order valence-corrected chi connectivity index (χ4v) is 2.30. The van der Waals surface area contributed by atoms with Crippen molar-refractivity contribution in [3.05, 3.63) is 59.7 Å². The van der Waals surface area contributed by atoms with Crippen LogP contribution in [0.2, 0.25) is 0 Å². The van der Waals surface area contributed by atoms with Gasteiger partial charge in [-0.15, -0.1) is 0 Å². The highest BCUT2D eigenvalue weighted by Crippen LogP contribution is 2.18. The second-order valence-electron chi connectivity index (χ2n) is 5.76. The van der Waals surface area contributed by atoms with Gasteiger partial charge in [-0.3, -0.25) is 15.5 Å². The van der Waals surface area contributed by atoms with Crippen molar-refractivity contribution < 1.29 is 19.1 Å². The molecule has 8 heteroatoms. The number of hydrogen-bond donors (Lipinski definition) is 4. The van der Waals surface area contributed by atoms with Crippen molar-refractivity contribution in [3.8, 4) is 5.75 Å². The summed E-state index contributed by atoms with van der Waals surface area (Å²) in [6.45, 7) is 1.41. The van der Waals surface area contributed by atoms with E-state index in [4.69, 9.17) is 20.6 Å². The van der Waals surface area contributed by atoms with E-state index < -0.39 is 18.6 Å². The first-order chi connectivity index (χ1) is 12.9. The number of hydrogen-bond acceptors (Lipinski definition) is 5. The Labute approximate surface area is 157 Å². The number of ether oxygens (including phenoxy) is 2. The SMILES string of the molecule is COc1cccc(C(C)NC(=O)COC(=O)Nc2ccc(C(=N)N)cc2)c1. The van der Waals surface area contributed by atoms with Crippen molar-refractivity contribution in [2.75, 3.05) is 19.0 Å². The predicted octanol–water partition coefficient (Wildman–Crippen LogP) is 2.41. The van der Waals surface area contributed by atoms with E-state index in [9.17, 15) is 9.59 Å². The Morgan fingerprint density at radius 2 is 1.89 bits per heavy atom. The average molecular weight is 370 g/mol. The maximum Gasteiger partial charge on any atom is 0.412 e. The van der Waals surface area contributed by atoms with Crippen LogP contribution in [0.25, 0.3) is 0 Å². The second-order valence-corrected chi connectivity index (χ2v) is 5.76. The molecule has 0 saturated carbocycles. The molecule has 0 aliphatic heterocycles. The first kappa shape index (κ1) is 19.8.